The van der Waals surface area contributed by atoms with E-state index in [9.17, 15) is 4.21 Å². The lowest BCUT2D eigenvalue weighted by Crippen LogP contribution is -2.44. The van der Waals surface area contributed by atoms with Crippen LogP contribution < -0.4 is 5.32 Å². The SMILES string of the molecule is CCN(CC)C1CCN(C(=NC)NCCS(=O)Cc2ccccc2)C1. The van der Waals surface area contributed by atoms with Crippen LogP contribution in [0.25, 0.3) is 0 Å². The first-order valence-corrected chi connectivity index (χ1v) is 10.7. The predicted octanol–water partition coefficient (Wildman–Crippen LogP) is 1.93. The van der Waals surface area contributed by atoms with Gasteiger partial charge in [0.15, 0.2) is 5.96 Å². The number of likely N-dealkylation sites (N-methyl/N-ethyl adjacent to an activating group) is 1. The molecule has 1 fully saturated rings. The first-order valence-electron chi connectivity index (χ1n) is 9.26. The van der Waals surface area contributed by atoms with E-state index < -0.39 is 10.8 Å². The zero-order valence-electron chi connectivity index (χ0n) is 15.8. The Hall–Kier alpha value is -1.40. The van der Waals surface area contributed by atoms with Crippen molar-refractivity contribution in [3.8, 4) is 0 Å². The Balaban J connectivity index is 1.74. The van der Waals surface area contributed by atoms with Gasteiger partial charge in [0.05, 0.1) is 0 Å². The molecule has 2 rings (SSSR count). The zero-order valence-corrected chi connectivity index (χ0v) is 16.6. The molecule has 2 unspecified atom stereocenters. The molecular weight excluding hydrogens is 332 g/mol. The molecule has 2 atom stereocenters. The Morgan fingerprint density at radius 2 is 2.04 bits per heavy atom. The smallest absolute Gasteiger partial charge is 0.193 e. The molecule has 1 heterocycles. The summed E-state index contributed by atoms with van der Waals surface area (Å²) < 4.78 is 12.2. The Labute approximate surface area is 155 Å². The highest BCUT2D eigenvalue weighted by atomic mass is 32.2. The van der Waals surface area contributed by atoms with Gasteiger partial charge in [-0.2, -0.15) is 0 Å². The molecule has 0 aliphatic carbocycles. The topological polar surface area (TPSA) is 47.9 Å². The lowest BCUT2D eigenvalue weighted by Gasteiger charge is -2.27. The van der Waals surface area contributed by atoms with Crippen LogP contribution in [0.5, 0.6) is 0 Å². The molecule has 0 amide bonds. The van der Waals surface area contributed by atoms with Gasteiger partial charge in [-0.3, -0.25) is 14.1 Å². The van der Waals surface area contributed by atoms with Gasteiger partial charge in [-0.25, -0.2) is 0 Å². The van der Waals surface area contributed by atoms with Crippen molar-refractivity contribution in [1.82, 2.24) is 15.1 Å². The van der Waals surface area contributed by atoms with E-state index in [0.29, 0.717) is 24.1 Å². The number of hydrogen-bond acceptors (Lipinski definition) is 3. The summed E-state index contributed by atoms with van der Waals surface area (Å²) in [6.07, 6.45) is 1.18. The molecule has 1 saturated heterocycles. The van der Waals surface area contributed by atoms with E-state index in [0.717, 1.165) is 37.7 Å². The summed E-state index contributed by atoms with van der Waals surface area (Å²) in [5.74, 6) is 2.20. The number of rotatable bonds is 8. The van der Waals surface area contributed by atoms with Gasteiger partial charge in [-0.05, 0) is 25.1 Å². The molecule has 0 aromatic heterocycles. The van der Waals surface area contributed by atoms with Crippen molar-refractivity contribution in [1.29, 1.82) is 0 Å². The monoisotopic (exact) mass is 364 g/mol. The highest BCUT2D eigenvalue weighted by Gasteiger charge is 2.27. The van der Waals surface area contributed by atoms with E-state index in [1.165, 1.54) is 6.42 Å². The summed E-state index contributed by atoms with van der Waals surface area (Å²) in [6.45, 7) is 9.39. The number of benzene rings is 1. The summed E-state index contributed by atoms with van der Waals surface area (Å²) in [6, 6.07) is 10.6. The van der Waals surface area contributed by atoms with Crippen LogP contribution in [-0.4, -0.2) is 71.5 Å². The second-order valence-electron chi connectivity index (χ2n) is 6.36. The average molecular weight is 365 g/mol. The van der Waals surface area contributed by atoms with Crippen LogP contribution in [0.4, 0.5) is 0 Å². The minimum atomic E-state index is -0.852. The molecule has 5 nitrogen and oxygen atoms in total. The molecule has 25 heavy (non-hydrogen) atoms. The first kappa shape index (κ1) is 19.9. The number of hydrogen-bond donors (Lipinski definition) is 1. The fourth-order valence-electron chi connectivity index (χ4n) is 3.41. The normalized spacial score (nSPS) is 19.4. The number of nitrogens with zero attached hydrogens (tertiary/aromatic N) is 3. The second-order valence-corrected chi connectivity index (χ2v) is 7.93. The Morgan fingerprint density at radius 3 is 2.68 bits per heavy atom. The van der Waals surface area contributed by atoms with E-state index in [2.05, 4.69) is 34.0 Å². The van der Waals surface area contributed by atoms with Crippen LogP contribution in [0.1, 0.15) is 25.8 Å². The van der Waals surface area contributed by atoms with E-state index in [1.54, 1.807) is 0 Å². The lowest BCUT2D eigenvalue weighted by atomic mass is 10.2. The quantitative estimate of drug-likeness (QED) is 0.566. The number of likely N-dealkylation sites (tertiary alicyclic amines) is 1. The standard InChI is InChI=1S/C19H32N4OS/c1-4-22(5-2)18-11-13-23(15-18)19(20-3)21-12-14-25(24)16-17-9-7-6-8-10-17/h6-10,18H,4-5,11-16H2,1-3H3,(H,20,21). The van der Waals surface area contributed by atoms with Crippen LogP contribution in [0.15, 0.2) is 35.3 Å². The summed E-state index contributed by atoms with van der Waals surface area (Å²) in [7, 11) is 0.975. The molecule has 6 heteroatoms. The maximum atomic E-state index is 12.2. The molecule has 1 aromatic carbocycles. The van der Waals surface area contributed by atoms with E-state index in [4.69, 9.17) is 0 Å². The molecule has 1 aliphatic heterocycles. The number of aliphatic imine (C=N–C) groups is 1. The minimum absolute atomic E-state index is 0.612. The van der Waals surface area contributed by atoms with Crippen LogP contribution in [0.3, 0.4) is 0 Å². The van der Waals surface area contributed by atoms with Gasteiger partial charge in [0, 0.05) is 55.0 Å². The minimum Gasteiger partial charge on any atom is -0.355 e. The van der Waals surface area contributed by atoms with Gasteiger partial charge in [-0.1, -0.05) is 44.2 Å². The molecule has 1 aliphatic rings. The maximum Gasteiger partial charge on any atom is 0.193 e. The highest BCUT2D eigenvalue weighted by Crippen LogP contribution is 2.15. The van der Waals surface area contributed by atoms with Crippen LogP contribution >= 0.6 is 0 Å². The summed E-state index contributed by atoms with van der Waals surface area (Å²) in [5.41, 5.74) is 1.13. The fourth-order valence-corrected chi connectivity index (χ4v) is 4.45. The number of guanidine groups is 1. The predicted molar refractivity (Wildman–Crippen MR) is 107 cm³/mol. The Kier molecular flexibility index (Phi) is 8.41. The van der Waals surface area contributed by atoms with Crippen molar-refractivity contribution in [2.45, 2.75) is 32.1 Å². The van der Waals surface area contributed by atoms with E-state index in [-0.39, 0.29) is 0 Å². The summed E-state index contributed by atoms with van der Waals surface area (Å²) in [4.78, 5) is 9.25. The molecule has 0 radical (unpaired) electrons. The van der Waals surface area contributed by atoms with Crippen molar-refractivity contribution in [3.63, 3.8) is 0 Å². The molecule has 140 valence electrons. The van der Waals surface area contributed by atoms with E-state index >= 15 is 0 Å². The van der Waals surface area contributed by atoms with Gasteiger partial charge in [-0.15, -0.1) is 0 Å². The van der Waals surface area contributed by atoms with Crippen LogP contribution in [0, 0.1) is 0 Å². The van der Waals surface area contributed by atoms with Crippen molar-refractivity contribution in [2.24, 2.45) is 4.99 Å². The molecule has 0 bridgehead atoms. The van der Waals surface area contributed by atoms with E-state index in [1.807, 2.05) is 37.4 Å². The van der Waals surface area contributed by atoms with Crippen molar-refractivity contribution >= 4 is 16.8 Å². The maximum absolute atomic E-state index is 12.2. The van der Waals surface area contributed by atoms with Crippen LogP contribution in [0.2, 0.25) is 0 Å². The molecule has 1 aromatic rings. The van der Waals surface area contributed by atoms with Crippen LogP contribution in [-0.2, 0) is 16.6 Å². The van der Waals surface area contributed by atoms with Gasteiger partial charge in [0.1, 0.15) is 0 Å². The highest BCUT2D eigenvalue weighted by molar-refractivity contribution is 7.84. The van der Waals surface area contributed by atoms with Crippen molar-refractivity contribution in [2.75, 3.05) is 45.5 Å². The first-order chi connectivity index (χ1) is 12.2. The van der Waals surface area contributed by atoms with Gasteiger partial charge >= 0.3 is 0 Å². The average Bonchev–Trinajstić information content (AvgIpc) is 3.10. The third-order valence-corrected chi connectivity index (χ3v) is 6.10. The fraction of sp³-hybridized carbons (Fsp3) is 0.632. The van der Waals surface area contributed by atoms with Gasteiger partial charge < -0.3 is 10.2 Å². The third kappa shape index (κ3) is 6.12. The Morgan fingerprint density at radius 1 is 1.32 bits per heavy atom. The summed E-state index contributed by atoms with van der Waals surface area (Å²) in [5, 5.41) is 3.39. The second kappa shape index (κ2) is 10.6. The molecular formula is C19H32N4OS. The van der Waals surface area contributed by atoms with Gasteiger partial charge in [0.25, 0.3) is 0 Å². The largest absolute Gasteiger partial charge is 0.355 e. The third-order valence-electron chi connectivity index (χ3n) is 4.79. The van der Waals surface area contributed by atoms with Gasteiger partial charge in [0.2, 0.25) is 0 Å². The molecule has 0 saturated carbocycles. The molecule has 0 spiro atoms. The zero-order chi connectivity index (χ0) is 18.1. The number of nitrogens with one attached hydrogen (secondary N) is 1. The van der Waals surface area contributed by atoms with Crippen molar-refractivity contribution in [3.05, 3.63) is 35.9 Å². The van der Waals surface area contributed by atoms with Crippen molar-refractivity contribution < 1.29 is 4.21 Å². The molecule has 1 N–H and O–H groups in total. The summed E-state index contributed by atoms with van der Waals surface area (Å²) >= 11 is 0. The lowest BCUT2D eigenvalue weighted by molar-refractivity contribution is 0.223. The Bertz CT molecular complexity index is 560.